The van der Waals surface area contributed by atoms with Crippen molar-refractivity contribution >= 4 is 11.7 Å². The molecule has 16 heavy (non-hydrogen) atoms. The van der Waals surface area contributed by atoms with Crippen LogP contribution in [0.4, 0.5) is 5.69 Å². The van der Waals surface area contributed by atoms with E-state index in [1.54, 1.807) is 0 Å². The van der Waals surface area contributed by atoms with Crippen molar-refractivity contribution in [1.82, 2.24) is 4.98 Å². The molecule has 2 rings (SSSR count). The van der Waals surface area contributed by atoms with Crippen LogP contribution < -0.4 is 5.32 Å². The van der Waals surface area contributed by atoms with E-state index in [4.69, 9.17) is 5.11 Å². The average Bonchev–Trinajstić information content (AvgIpc) is 3.10. The summed E-state index contributed by atoms with van der Waals surface area (Å²) in [6.07, 6.45) is 4.61. The van der Waals surface area contributed by atoms with E-state index in [-0.39, 0.29) is 5.56 Å². The summed E-state index contributed by atoms with van der Waals surface area (Å²) in [6.45, 7) is 0.372. The lowest BCUT2D eigenvalue weighted by Crippen LogP contribution is -2.22. The number of hydrogen-bond acceptors (Lipinski definition) is 4. The van der Waals surface area contributed by atoms with Gasteiger partial charge >= 0.3 is 5.97 Å². The minimum atomic E-state index is -0.995. The van der Waals surface area contributed by atoms with Gasteiger partial charge in [0.2, 0.25) is 0 Å². The zero-order valence-corrected chi connectivity index (χ0v) is 8.76. The third kappa shape index (κ3) is 2.49. The Hall–Kier alpha value is -1.62. The number of carbonyl (C=O) groups is 1. The van der Waals surface area contributed by atoms with Gasteiger partial charge in [-0.1, -0.05) is 0 Å². The number of aliphatic hydroxyl groups excluding tert-OH is 1. The number of anilines is 1. The summed E-state index contributed by atoms with van der Waals surface area (Å²) in [7, 11) is 0. The van der Waals surface area contributed by atoms with Crippen LogP contribution in [0, 0.1) is 5.92 Å². The van der Waals surface area contributed by atoms with Crippen LogP contribution in [0.5, 0.6) is 0 Å². The van der Waals surface area contributed by atoms with Gasteiger partial charge in [-0.3, -0.25) is 4.98 Å². The summed E-state index contributed by atoms with van der Waals surface area (Å²) < 4.78 is 0. The standard InChI is InChI=1S/C11H14N2O3/c14-10(7-1-2-7)6-13-9-5-12-4-3-8(9)11(15)16/h3-5,7,10,13-14H,1-2,6H2,(H,15,16). The fraction of sp³-hybridized carbons (Fsp3) is 0.455. The maximum absolute atomic E-state index is 10.9. The molecule has 5 nitrogen and oxygen atoms in total. The van der Waals surface area contributed by atoms with Crippen LogP contribution in [0.1, 0.15) is 23.2 Å². The number of carboxylic acids is 1. The summed E-state index contributed by atoms with van der Waals surface area (Å²) in [5, 5.41) is 21.5. The van der Waals surface area contributed by atoms with Crippen LogP contribution in [0.3, 0.4) is 0 Å². The summed E-state index contributed by atoms with van der Waals surface area (Å²) in [5.41, 5.74) is 0.632. The van der Waals surface area contributed by atoms with Crippen molar-refractivity contribution < 1.29 is 15.0 Å². The summed E-state index contributed by atoms with van der Waals surface area (Å²) in [4.78, 5) is 14.7. The molecule has 0 aliphatic heterocycles. The molecule has 1 aliphatic carbocycles. The first-order valence-corrected chi connectivity index (χ1v) is 5.27. The highest BCUT2D eigenvalue weighted by Gasteiger charge is 2.29. The predicted octanol–water partition coefficient (Wildman–Crippen LogP) is 0.963. The highest BCUT2D eigenvalue weighted by atomic mass is 16.4. The molecule has 5 heteroatoms. The first-order chi connectivity index (χ1) is 7.68. The second kappa shape index (κ2) is 4.49. The van der Waals surface area contributed by atoms with Gasteiger partial charge in [0, 0.05) is 12.7 Å². The van der Waals surface area contributed by atoms with Crippen molar-refractivity contribution in [3.8, 4) is 0 Å². The van der Waals surface area contributed by atoms with Crippen molar-refractivity contribution in [3.63, 3.8) is 0 Å². The number of aromatic carboxylic acids is 1. The van der Waals surface area contributed by atoms with E-state index in [2.05, 4.69) is 10.3 Å². The minimum Gasteiger partial charge on any atom is -0.478 e. The van der Waals surface area contributed by atoms with Crippen molar-refractivity contribution in [3.05, 3.63) is 24.0 Å². The molecule has 1 aromatic heterocycles. The van der Waals surface area contributed by atoms with Gasteiger partial charge in [0.05, 0.1) is 23.6 Å². The molecular formula is C11H14N2O3. The Morgan fingerprint density at radius 1 is 1.62 bits per heavy atom. The Bertz CT molecular complexity index is 391. The Labute approximate surface area is 93.1 Å². The molecule has 3 N–H and O–H groups in total. The third-order valence-corrected chi connectivity index (χ3v) is 2.72. The molecular weight excluding hydrogens is 208 g/mol. The molecule has 0 amide bonds. The number of aliphatic hydroxyl groups is 1. The zero-order chi connectivity index (χ0) is 11.5. The van der Waals surface area contributed by atoms with Crippen LogP contribution in [-0.2, 0) is 0 Å². The molecule has 1 unspecified atom stereocenters. The predicted molar refractivity (Wildman–Crippen MR) is 58.4 cm³/mol. The average molecular weight is 222 g/mol. The van der Waals surface area contributed by atoms with E-state index in [1.165, 1.54) is 18.5 Å². The normalized spacial score (nSPS) is 16.8. The van der Waals surface area contributed by atoms with Crippen LogP contribution in [0.15, 0.2) is 18.5 Å². The SMILES string of the molecule is O=C(O)c1ccncc1NCC(O)C1CC1. The number of carboxylic acid groups (broad SMARTS) is 1. The van der Waals surface area contributed by atoms with Crippen LogP contribution >= 0.6 is 0 Å². The van der Waals surface area contributed by atoms with Gasteiger partial charge in [-0.05, 0) is 24.8 Å². The van der Waals surface area contributed by atoms with Gasteiger partial charge in [0.15, 0.2) is 0 Å². The molecule has 1 atom stereocenters. The molecule has 1 aromatic rings. The molecule has 0 saturated heterocycles. The lowest BCUT2D eigenvalue weighted by atomic mass is 10.2. The van der Waals surface area contributed by atoms with Gasteiger partial charge in [-0.25, -0.2) is 4.79 Å². The fourth-order valence-electron chi connectivity index (χ4n) is 1.58. The lowest BCUT2D eigenvalue weighted by molar-refractivity contribution is 0.0697. The summed E-state index contributed by atoms with van der Waals surface area (Å²) in [5.74, 6) is -0.622. The van der Waals surface area contributed by atoms with Gasteiger partial charge in [0.25, 0.3) is 0 Å². The fourth-order valence-corrected chi connectivity index (χ4v) is 1.58. The molecule has 0 bridgehead atoms. The van der Waals surface area contributed by atoms with Crippen molar-refractivity contribution in [2.75, 3.05) is 11.9 Å². The number of aromatic nitrogens is 1. The molecule has 0 spiro atoms. The third-order valence-electron chi connectivity index (χ3n) is 2.72. The van der Waals surface area contributed by atoms with Gasteiger partial charge < -0.3 is 15.5 Å². The van der Waals surface area contributed by atoms with E-state index in [0.29, 0.717) is 18.2 Å². The zero-order valence-electron chi connectivity index (χ0n) is 8.76. The Kier molecular flexibility index (Phi) is 3.05. The molecule has 1 fully saturated rings. The van der Waals surface area contributed by atoms with Gasteiger partial charge in [-0.2, -0.15) is 0 Å². The van der Waals surface area contributed by atoms with Crippen LogP contribution in [0.25, 0.3) is 0 Å². The minimum absolute atomic E-state index is 0.179. The highest BCUT2D eigenvalue weighted by Crippen LogP contribution is 2.32. The Morgan fingerprint density at radius 3 is 3.00 bits per heavy atom. The van der Waals surface area contributed by atoms with E-state index in [9.17, 15) is 9.90 Å². The number of hydrogen-bond donors (Lipinski definition) is 3. The van der Waals surface area contributed by atoms with E-state index < -0.39 is 12.1 Å². The number of nitrogens with one attached hydrogen (secondary N) is 1. The largest absolute Gasteiger partial charge is 0.478 e. The molecule has 1 aliphatic rings. The quantitative estimate of drug-likeness (QED) is 0.691. The molecule has 1 saturated carbocycles. The monoisotopic (exact) mass is 222 g/mol. The van der Waals surface area contributed by atoms with E-state index in [1.807, 2.05) is 0 Å². The smallest absolute Gasteiger partial charge is 0.337 e. The first-order valence-electron chi connectivity index (χ1n) is 5.27. The number of nitrogens with zero attached hydrogens (tertiary/aromatic N) is 1. The molecule has 0 radical (unpaired) electrons. The van der Waals surface area contributed by atoms with Crippen LogP contribution in [-0.4, -0.2) is 33.8 Å². The second-order valence-electron chi connectivity index (χ2n) is 4.01. The number of pyridine rings is 1. The molecule has 1 heterocycles. The highest BCUT2D eigenvalue weighted by molar-refractivity contribution is 5.93. The Morgan fingerprint density at radius 2 is 2.38 bits per heavy atom. The van der Waals surface area contributed by atoms with Gasteiger partial charge in [-0.15, -0.1) is 0 Å². The lowest BCUT2D eigenvalue weighted by Gasteiger charge is -2.12. The maximum Gasteiger partial charge on any atom is 0.337 e. The van der Waals surface area contributed by atoms with Crippen molar-refractivity contribution in [2.45, 2.75) is 18.9 Å². The van der Waals surface area contributed by atoms with E-state index >= 15 is 0 Å². The maximum atomic E-state index is 10.9. The topological polar surface area (TPSA) is 82.5 Å². The summed E-state index contributed by atoms with van der Waals surface area (Å²) in [6, 6.07) is 1.44. The van der Waals surface area contributed by atoms with Crippen molar-refractivity contribution in [1.29, 1.82) is 0 Å². The van der Waals surface area contributed by atoms with Crippen LogP contribution in [0.2, 0.25) is 0 Å². The molecule has 86 valence electrons. The number of rotatable bonds is 5. The second-order valence-corrected chi connectivity index (χ2v) is 4.01. The Balaban J connectivity index is 1.99. The first kappa shape index (κ1) is 10.9. The van der Waals surface area contributed by atoms with Crippen molar-refractivity contribution in [2.24, 2.45) is 5.92 Å². The van der Waals surface area contributed by atoms with Gasteiger partial charge in [0.1, 0.15) is 0 Å². The summed E-state index contributed by atoms with van der Waals surface area (Å²) >= 11 is 0. The van der Waals surface area contributed by atoms with E-state index in [0.717, 1.165) is 12.8 Å². The molecule has 0 aromatic carbocycles.